The van der Waals surface area contributed by atoms with Gasteiger partial charge >= 0.3 is 0 Å². The first kappa shape index (κ1) is 11.7. The van der Waals surface area contributed by atoms with Crippen LogP contribution in [0.25, 0.3) is 0 Å². The number of pyridine rings is 1. The van der Waals surface area contributed by atoms with Gasteiger partial charge in [0, 0.05) is 35.7 Å². The summed E-state index contributed by atoms with van der Waals surface area (Å²) in [5.41, 5.74) is 0.0617. The molecule has 0 aliphatic rings. The summed E-state index contributed by atoms with van der Waals surface area (Å²) in [6, 6.07) is 5.21. The molecule has 0 amide bonds. The third-order valence-corrected chi connectivity index (χ3v) is 3.65. The van der Waals surface area contributed by atoms with Crippen molar-refractivity contribution in [3.8, 4) is 0 Å². The Kier molecular flexibility index (Phi) is 5.12. The summed E-state index contributed by atoms with van der Waals surface area (Å²) in [6.07, 6.45) is 1.81. The van der Waals surface area contributed by atoms with Crippen molar-refractivity contribution in [2.24, 2.45) is 0 Å². The van der Waals surface area contributed by atoms with Gasteiger partial charge in [-0.2, -0.15) is 11.8 Å². The number of halogens is 1. The van der Waals surface area contributed by atoms with Crippen LogP contribution in [0.1, 0.15) is 6.92 Å². The fourth-order valence-electron chi connectivity index (χ4n) is 1.04. The second-order valence-electron chi connectivity index (χ2n) is 3.07. The van der Waals surface area contributed by atoms with Gasteiger partial charge in [-0.15, -0.1) is 11.6 Å². The van der Waals surface area contributed by atoms with Gasteiger partial charge in [-0.25, -0.2) is 0 Å². The van der Waals surface area contributed by atoms with Crippen molar-refractivity contribution in [1.82, 2.24) is 4.57 Å². The first-order valence-corrected chi connectivity index (χ1v) is 6.15. The van der Waals surface area contributed by atoms with Crippen LogP contribution >= 0.6 is 23.4 Å². The van der Waals surface area contributed by atoms with E-state index in [1.54, 1.807) is 28.5 Å². The molecule has 0 saturated carbocycles. The van der Waals surface area contributed by atoms with Crippen molar-refractivity contribution in [3.63, 3.8) is 0 Å². The van der Waals surface area contributed by atoms with Crippen LogP contribution in [0.5, 0.6) is 0 Å². The molecule has 1 aromatic heterocycles. The Labute approximate surface area is 93.3 Å². The van der Waals surface area contributed by atoms with Crippen LogP contribution in [-0.4, -0.2) is 21.4 Å². The number of hydrogen-bond donors (Lipinski definition) is 0. The standard InChI is InChI=1S/C10H14ClNOS/c1-9(8-11)14-7-6-12-5-3-2-4-10(12)13/h2-5,9H,6-8H2,1H3. The third-order valence-electron chi connectivity index (χ3n) is 1.85. The lowest BCUT2D eigenvalue weighted by molar-refractivity contribution is 0.734. The van der Waals surface area contributed by atoms with Crippen molar-refractivity contribution in [3.05, 3.63) is 34.7 Å². The topological polar surface area (TPSA) is 22.0 Å². The summed E-state index contributed by atoms with van der Waals surface area (Å²) in [6.45, 7) is 2.84. The summed E-state index contributed by atoms with van der Waals surface area (Å²) < 4.78 is 1.72. The lowest BCUT2D eigenvalue weighted by Gasteiger charge is -2.08. The molecule has 14 heavy (non-hydrogen) atoms. The molecule has 1 aromatic rings. The SMILES string of the molecule is CC(CCl)SCCn1ccccc1=O. The normalized spacial score (nSPS) is 12.7. The number of thioether (sulfide) groups is 1. The van der Waals surface area contributed by atoms with E-state index in [-0.39, 0.29) is 5.56 Å². The number of nitrogens with zero attached hydrogens (tertiary/aromatic N) is 1. The molecule has 4 heteroatoms. The minimum atomic E-state index is 0.0617. The Morgan fingerprint density at radius 2 is 2.36 bits per heavy atom. The number of alkyl halides is 1. The average molecular weight is 232 g/mol. The summed E-state index contributed by atoms with van der Waals surface area (Å²) in [4.78, 5) is 11.3. The molecule has 0 N–H and O–H groups in total. The first-order valence-electron chi connectivity index (χ1n) is 4.57. The van der Waals surface area contributed by atoms with E-state index in [9.17, 15) is 4.79 Å². The molecule has 2 nitrogen and oxygen atoms in total. The Morgan fingerprint density at radius 3 is 3.00 bits per heavy atom. The van der Waals surface area contributed by atoms with E-state index in [1.165, 1.54) is 0 Å². The third kappa shape index (κ3) is 3.76. The van der Waals surface area contributed by atoms with Crippen molar-refractivity contribution in [2.75, 3.05) is 11.6 Å². The maximum atomic E-state index is 11.3. The first-order chi connectivity index (χ1) is 6.74. The largest absolute Gasteiger partial charge is 0.315 e. The highest BCUT2D eigenvalue weighted by Gasteiger charge is 2.00. The molecule has 0 radical (unpaired) electrons. The van der Waals surface area contributed by atoms with Gasteiger partial charge in [-0.1, -0.05) is 13.0 Å². The van der Waals surface area contributed by atoms with Crippen molar-refractivity contribution < 1.29 is 0 Å². The van der Waals surface area contributed by atoms with Crippen molar-refractivity contribution >= 4 is 23.4 Å². The lowest BCUT2D eigenvalue weighted by atomic mass is 10.5. The maximum absolute atomic E-state index is 11.3. The Balaban J connectivity index is 2.39. The number of rotatable bonds is 5. The van der Waals surface area contributed by atoms with Crippen molar-refractivity contribution in [2.45, 2.75) is 18.7 Å². The Bertz CT molecular complexity index is 326. The predicted molar refractivity (Wildman–Crippen MR) is 63.3 cm³/mol. The quantitative estimate of drug-likeness (QED) is 0.725. The molecule has 0 saturated heterocycles. The fourth-order valence-corrected chi connectivity index (χ4v) is 2.10. The summed E-state index contributed by atoms with van der Waals surface area (Å²) in [5.74, 6) is 1.59. The molecule has 1 unspecified atom stereocenters. The van der Waals surface area contributed by atoms with E-state index in [2.05, 4.69) is 6.92 Å². The molecular weight excluding hydrogens is 218 g/mol. The van der Waals surface area contributed by atoms with Crippen LogP contribution in [0.15, 0.2) is 29.2 Å². The van der Waals surface area contributed by atoms with Gasteiger partial charge in [0.2, 0.25) is 0 Å². The summed E-state index contributed by atoms with van der Waals surface area (Å²) in [5, 5.41) is 0.455. The highest BCUT2D eigenvalue weighted by Crippen LogP contribution is 2.11. The highest BCUT2D eigenvalue weighted by molar-refractivity contribution is 7.99. The Hall–Kier alpha value is -0.410. The van der Waals surface area contributed by atoms with E-state index in [0.29, 0.717) is 11.1 Å². The molecule has 0 spiro atoms. The van der Waals surface area contributed by atoms with Gasteiger partial charge < -0.3 is 4.57 Å². The van der Waals surface area contributed by atoms with Gasteiger partial charge in [0.15, 0.2) is 0 Å². The number of hydrogen-bond acceptors (Lipinski definition) is 2. The fraction of sp³-hybridized carbons (Fsp3) is 0.500. The maximum Gasteiger partial charge on any atom is 0.250 e. The van der Waals surface area contributed by atoms with E-state index in [0.717, 1.165) is 12.3 Å². The highest BCUT2D eigenvalue weighted by atomic mass is 35.5. The molecule has 78 valence electrons. The predicted octanol–water partition coefficient (Wildman–Crippen LogP) is 2.21. The smallest absolute Gasteiger partial charge is 0.250 e. The van der Waals surface area contributed by atoms with E-state index >= 15 is 0 Å². The zero-order chi connectivity index (χ0) is 10.4. The molecular formula is C10H14ClNOS. The molecule has 1 atom stereocenters. The number of aryl methyl sites for hydroxylation is 1. The lowest BCUT2D eigenvalue weighted by Crippen LogP contribution is -2.19. The monoisotopic (exact) mass is 231 g/mol. The average Bonchev–Trinajstić information content (AvgIpc) is 2.20. The van der Waals surface area contributed by atoms with Crippen LogP contribution < -0.4 is 5.56 Å². The van der Waals surface area contributed by atoms with Crippen LogP contribution in [0.4, 0.5) is 0 Å². The molecule has 0 aliphatic heterocycles. The van der Waals surface area contributed by atoms with Crippen LogP contribution in [0.2, 0.25) is 0 Å². The molecule has 1 rings (SSSR count). The van der Waals surface area contributed by atoms with Crippen LogP contribution in [-0.2, 0) is 6.54 Å². The summed E-state index contributed by atoms with van der Waals surface area (Å²) in [7, 11) is 0. The zero-order valence-electron chi connectivity index (χ0n) is 8.15. The van der Waals surface area contributed by atoms with E-state index in [1.807, 2.05) is 12.3 Å². The van der Waals surface area contributed by atoms with Crippen LogP contribution in [0, 0.1) is 0 Å². The van der Waals surface area contributed by atoms with Gasteiger partial charge in [-0.3, -0.25) is 4.79 Å². The van der Waals surface area contributed by atoms with Crippen molar-refractivity contribution in [1.29, 1.82) is 0 Å². The summed E-state index contributed by atoms with van der Waals surface area (Å²) >= 11 is 7.46. The number of aromatic nitrogens is 1. The van der Waals surface area contributed by atoms with E-state index in [4.69, 9.17) is 11.6 Å². The molecule has 0 bridgehead atoms. The minimum Gasteiger partial charge on any atom is -0.315 e. The molecule has 1 heterocycles. The van der Waals surface area contributed by atoms with Gasteiger partial charge in [-0.05, 0) is 6.07 Å². The van der Waals surface area contributed by atoms with E-state index < -0.39 is 0 Å². The minimum absolute atomic E-state index is 0.0617. The van der Waals surface area contributed by atoms with Gasteiger partial charge in [0.05, 0.1) is 0 Å². The van der Waals surface area contributed by atoms with Crippen LogP contribution in [0.3, 0.4) is 0 Å². The zero-order valence-corrected chi connectivity index (χ0v) is 9.72. The second kappa shape index (κ2) is 6.14. The second-order valence-corrected chi connectivity index (χ2v) is 4.92. The molecule has 0 fully saturated rings. The van der Waals surface area contributed by atoms with Gasteiger partial charge in [0.25, 0.3) is 5.56 Å². The van der Waals surface area contributed by atoms with Gasteiger partial charge in [0.1, 0.15) is 0 Å². The molecule has 0 aliphatic carbocycles. The Morgan fingerprint density at radius 1 is 1.57 bits per heavy atom. The molecule has 0 aromatic carbocycles.